The van der Waals surface area contributed by atoms with Gasteiger partial charge in [0.15, 0.2) is 23.1 Å². The minimum absolute atomic E-state index is 0.00430. The summed E-state index contributed by atoms with van der Waals surface area (Å²) in [4.78, 5) is 34.4. The molecule has 4 aromatic rings. The third kappa shape index (κ3) is 4.26. The molecule has 0 unspecified atom stereocenters. The number of thioether (sulfide) groups is 1. The van der Waals surface area contributed by atoms with Gasteiger partial charge in [-0.05, 0) is 30.0 Å². The molecule has 0 aliphatic heterocycles. The topological polar surface area (TPSA) is 95.7 Å². The molecule has 34 heavy (non-hydrogen) atoms. The van der Waals surface area contributed by atoms with Crippen molar-refractivity contribution in [2.24, 2.45) is 0 Å². The average Bonchev–Trinajstić information content (AvgIpc) is 3.28. The molecular weight excluding hydrogens is 452 g/mol. The van der Waals surface area contributed by atoms with Crippen LogP contribution in [0.2, 0.25) is 0 Å². The van der Waals surface area contributed by atoms with E-state index < -0.39 is 0 Å². The number of carbonyl (C=O) groups is 2. The molecule has 0 amide bonds. The van der Waals surface area contributed by atoms with Crippen LogP contribution >= 0.6 is 11.8 Å². The zero-order chi connectivity index (χ0) is 23.7. The number of Topliss-reactive ketones (excluding diaryl/α,β-unsaturated/α-hetero) is 2. The van der Waals surface area contributed by atoms with Gasteiger partial charge < -0.3 is 9.47 Å². The van der Waals surface area contributed by atoms with Crippen LogP contribution in [-0.2, 0) is 6.42 Å². The van der Waals surface area contributed by atoms with Gasteiger partial charge in [0.1, 0.15) is 0 Å². The van der Waals surface area contributed by atoms with Crippen molar-refractivity contribution in [3.8, 4) is 11.5 Å². The van der Waals surface area contributed by atoms with E-state index in [0.29, 0.717) is 52.1 Å². The molecule has 1 atom stereocenters. The number of ether oxygens (including phenoxy) is 2. The molecule has 0 bridgehead atoms. The molecule has 0 spiro atoms. The van der Waals surface area contributed by atoms with E-state index in [2.05, 4.69) is 15.1 Å². The molecule has 0 saturated heterocycles. The van der Waals surface area contributed by atoms with Crippen LogP contribution in [0.15, 0.2) is 59.9 Å². The molecular formula is C25H22N4O4S. The summed E-state index contributed by atoms with van der Waals surface area (Å²) in [7, 11) is 3.19. The van der Waals surface area contributed by atoms with E-state index in [9.17, 15) is 9.59 Å². The predicted octanol–water partition coefficient (Wildman–Crippen LogP) is 4.03. The third-order valence-corrected chi connectivity index (χ3v) is 6.71. The van der Waals surface area contributed by atoms with Gasteiger partial charge in [0.25, 0.3) is 5.78 Å². The second-order valence-corrected chi connectivity index (χ2v) is 8.90. The van der Waals surface area contributed by atoms with Crippen molar-refractivity contribution >= 4 is 29.1 Å². The summed E-state index contributed by atoms with van der Waals surface area (Å²) < 4.78 is 12.3. The first-order chi connectivity index (χ1) is 16.6. The first-order valence-corrected chi connectivity index (χ1v) is 11.8. The largest absolute Gasteiger partial charge is 0.493 e. The van der Waals surface area contributed by atoms with Crippen LogP contribution < -0.4 is 9.47 Å². The number of aromatic nitrogens is 4. The van der Waals surface area contributed by atoms with Crippen molar-refractivity contribution < 1.29 is 19.1 Å². The van der Waals surface area contributed by atoms with Gasteiger partial charge >= 0.3 is 0 Å². The SMILES string of the molecule is COc1ccc([C@@H]2CC(=O)c3cn4nc(SCC(=O)c5ccccc5)nc4nc3C2)cc1OC. The second kappa shape index (κ2) is 9.26. The fraction of sp³-hybridized carbons (Fsp3) is 0.240. The fourth-order valence-corrected chi connectivity index (χ4v) is 4.82. The van der Waals surface area contributed by atoms with Gasteiger partial charge in [-0.2, -0.15) is 4.98 Å². The molecule has 172 valence electrons. The maximum atomic E-state index is 13.0. The number of hydrogen-bond acceptors (Lipinski definition) is 8. The molecule has 0 radical (unpaired) electrons. The molecule has 0 fully saturated rings. The third-order valence-electron chi connectivity index (χ3n) is 5.87. The summed E-state index contributed by atoms with van der Waals surface area (Å²) in [5.74, 6) is 1.91. The first-order valence-electron chi connectivity index (χ1n) is 10.8. The highest BCUT2D eigenvalue weighted by molar-refractivity contribution is 7.99. The molecule has 0 N–H and O–H groups in total. The van der Waals surface area contributed by atoms with E-state index >= 15 is 0 Å². The number of nitrogens with zero attached hydrogens (tertiary/aromatic N) is 4. The number of ketones is 2. The number of carbonyl (C=O) groups excluding carboxylic acids is 2. The van der Waals surface area contributed by atoms with E-state index in [1.54, 1.807) is 32.5 Å². The van der Waals surface area contributed by atoms with Gasteiger partial charge in [0.2, 0.25) is 5.16 Å². The van der Waals surface area contributed by atoms with Crippen LogP contribution in [0, 0.1) is 0 Å². The Morgan fingerprint density at radius 2 is 1.85 bits per heavy atom. The van der Waals surface area contributed by atoms with E-state index in [1.807, 2.05) is 36.4 Å². The average molecular weight is 475 g/mol. The lowest BCUT2D eigenvalue weighted by Crippen LogP contribution is -2.21. The predicted molar refractivity (Wildman–Crippen MR) is 127 cm³/mol. The minimum atomic E-state index is -0.0185. The van der Waals surface area contributed by atoms with Crippen molar-refractivity contribution in [1.29, 1.82) is 0 Å². The second-order valence-electron chi connectivity index (χ2n) is 7.96. The monoisotopic (exact) mass is 474 g/mol. The molecule has 1 aliphatic carbocycles. The van der Waals surface area contributed by atoms with Gasteiger partial charge in [0, 0.05) is 18.2 Å². The molecule has 2 heterocycles. The standard InChI is InChI=1S/C25H22N4O4S/c1-32-22-9-8-16(12-23(22)33-2)17-10-19-18(20(30)11-17)13-29-24(26-19)27-25(28-29)34-14-21(31)15-6-4-3-5-7-15/h3-9,12-13,17H,10-11,14H2,1-2H3/t17-/m0/s1. The van der Waals surface area contributed by atoms with Gasteiger partial charge in [-0.25, -0.2) is 9.50 Å². The van der Waals surface area contributed by atoms with Gasteiger partial charge in [0.05, 0.1) is 31.2 Å². The van der Waals surface area contributed by atoms with E-state index in [0.717, 1.165) is 5.56 Å². The number of rotatable bonds is 7. The summed E-state index contributed by atoms with van der Waals surface area (Å²) in [5, 5.41) is 4.86. The van der Waals surface area contributed by atoms with Crippen LogP contribution in [0.3, 0.4) is 0 Å². The van der Waals surface area contributed by atoms with Crippen molar-refractivity contribution in [2.45, 2.75) is 23.9 Å². The zero-order valence-electron chi connectivity index (χ0n) is 18.7. The van der Waals surface area contributed by atoms with Crippen LogP contribution in [0.5, 0.6) is 11.5 Å². The normalized spacial score (nSPS) is 15.2. The lowest BCUT2D eigenvalue weighted by atomic mass is 9.82. The highest BCUT2D eigenvalue weighted by atomic mass is 32.2. The minimum Gasteiger partial charge on any atom is -0.493 e. The number of benzene rings is 2. The lowest BCUT2D eigenvalue weighted by Gasteiger charge is -2.23. The summed E-state index contributed by atoms with van der Waals surface area (Å²) in [6, 6.07) is 14.8. The fourth-order valence-electron chi connectivity index (χ4n) is 4.11. The highest BCUT2D eigenvalue weighted by Gasteiger charge is 2.29. The summed E-state index contributed by atoms with van der Waals surface area (Å²) in [6.45, 7) is 0. The Morgan fingerprint density at radius 1 is 1.06 bits per heavy atom. The Kier molecular flexibility index (Phi) is 6.02. The number of fused-ring (bicyclic) bond motifs is 2. The molecule has 8 nitrogen and oxygen atoms in total. The lowest BCUT2D eigenvalue weighted by molar-refractivity contribution is 0.0961. The quantitative estimate of drug-likeness (QED) is 0.293. The van der Waals surface area contributed by atoms with Gasteiger partial charge in [-0.3, -0.25) is 9.59 Å². The molecule has 2 aromatic heterocycles. The van der Waals surface area contributed by atoms with Crippen LogP contribution in [0.4, 0.5) is 0 Å². The van der Waals surface area contributed by atoms with Gasteiger partial charge in [-0.1, -0.05) is 48.2 Å². The number of methoxy groups -OCH3 is 2. The Labute approximate surface area is 200 Å². The Hall–Kier alpha value is -3.72. The molecule has 5 rings (SSSR count). The Balaban J connectivity index is 1.37. The summed E-state index contributed by atoms with van der Waals surface area (Å²) >= 11 is 1.25. The number of hydrogen-bond donors (Lipinski definition) is 0. The Bertz CT molecular complexity index is 1390. The van der Waals surface area contributed by atoms with Crippen LogP contribution in [0.25, 0.3) is 5.78 Å². The smallest absolute Gasteiger partial charge is 0.253 e. The zero-order valence-corrected chi connectivity index (χ0v) is 19.5. The first kappa shape index (κ1) is 22.1. The van der Waals surface area contributed by atoms with E-state index in [4.69, 9.17) is 9.47 Å². The van der Waals surface area contributed by atoms with E-state index in [-0.39, 0.29) is 23.2 Å². The van der Waals surface area contributed by atoms with Crippen molar-refractivity contribution in [2.75, 3.05) is 20.0 Å². The highest BCUT2D eigenvalue weighted by Crippen LogP contribution is 2.36. The summed E-state index contributed by atoms with van der Waals surface area (Å²) in [6.07, 6.45) is 2.67. The Morgan fingerprint density at radius 3 is 2.62 bits per heavy atom. The molecule has 9 heteroatoms. The maximum Gasteiger partial charge on any atom is 0.253 e. The van der Waals surface area contributed by atoms with Crippen molar-refractivity contribution in [3.05, 3.63) is 77.1 Å². The van der Waals surface area contributed by atoms with Crippen molar-refractivity contribution in [1.82, 2.24) is 19.6 Å². The maximum absolute atomic E-state index is 13.0. The van der Waals surface area contributed by atoms with Crippen LogP contribution in [0.1, 0.15) is 44.3 Å². The summed E-state index contributed by atoms with van der Waals surface area (Å²) in [5.41, 5.74) is 2.91. The molecule has 1 aliphatic rings. The van der Waals surface area contributed by atoms with Crippen LogP contribution in [-0.4, -0.2) is 51.1 Å². The van der Waals surface area contributed by atoms with E-state index in [1.165, 1.54) is 16.3 Å². The molecule has 0 saturated carbocycles. The van der Waals surface area contributed by atoms with Gasteiger partial charge in [-0.15, -0.1) is 5.10 Å². The van der Waals surface area contributed by atoms with Crippen molar-refractivity contribution in [3.63, 3.8) is 0 Å². The molecule has 2 aromatic carbocycles.